The van der Waals surface area contributed by atoms with E-state index in [-0.39, 0.29) is 26.2 Å². The molecule has 0 saturated carbocycles. The minimum absolute atomic E-state index is 0. The van der Waals surface area contributed by atoms with Gasteiger partial charge in [-0.15, -0.1) is 45.9 Å². The molecule has 3 aromatic carbocycles. The molecule has 0 radical (unpaired) electrons. The Labute approximate surface area is 197 Å². The topological polar surface area (TPSA) is 0 Å². The summed E-state index contributed by atoms with van der Waals surface area (Å²) in [6, 6.07) is 23.9. The maximum atomic E-state index is 2.51. The standard InChI is InChI=1S/C16H13.C10H12SSi.Zr/c1-12-10-14-8-5-9-15(16(14)11-12)13-6-3-2-4-7-13;1-6-9-7-4-5-11-8(7)10(6)12(9,2)3;/h2-11H,1H3;4-5,10H,1-3H3;/q-1;;. The first-order valence-electron chi connectivity index (χ1n) is 9.99. The fourth-order valence-electron chi connectivity index (χ4n) is 5.35. The van der Waals surface area contributed by atoms with Gasteiger partial charge in [-0.3, -0.25) is 0 Å². The minimum Gasteiger partial charge on any atom is -0.165 e. The number of allylic oxidation sites excluding steroid dienone is 1. The Hall–Kier alpha value is -1.41. The van der Waals surface area contributed by atoms with Crippen LogP contribution < -0.4 is 0 Å². The number of fused-ring (bicyclic) bond motifs is 1. The summed E-state index contributed by atoms with van der Waals surface area (Å²) in [5.41, 5.74) is 8.14. The van der Waals surface area contributed by atoms with Gasteiger partial charge in [-0.25, -0.2) is 0 Å². The van der Waals surface area contributed by atoms with E-state index < -0.39 is 8.07 Å². The first-order chi connectivity index (χ1) is 13.5. The van der Waals surface area contributed by atoms with Crippen LogP contribution in [0.1, 0.15) is 28.5 Å². The predicted molar refractivity (Wildman–Crippen MR) is 127 cm³/mol. The summed E-state index contributed by atoms with van der Waals surface area (Å²) in [4.78, 5) is 1.68. The quantitative estimate of drug-likeness (QED) is 0.188. The first kappa shape index (κ1) is 20.8. The van der Waals surface area contributed by atoms with Crippen molar-refractivity contribution in [3.63, 3.8) is 0 Å². The molecule has 7 rings (SSSR count). The number of thiophene rings is 1. The molecule has 0 spiro atoms. The van der Waals surface area contributed by atoms with Crippen molar-refractivity contribution >= 4 is 35.4 Å². The van der Waals surface area contributed by atoms with Crippen molar-refractivity contribution in [2.45, 2.75) is 32.5 Å². The van der Waals surface area contributed by atoms with Gasteiger partial charge in [0, 0.05) is 36.6 Å². The van der Waals surface area contributed by atoms with Crippen LogP contribution in [0.25, 0.3) is 27.1 Å². The average Bonchev–Trinajstić information content (AvgIpc) is 3.38. The SMILES string of the molecule is CC1=C2c3ccsc3C1[Si]2(C)C.Cc1cc2c(-c3ccccc3)cccc2[cH-]1.[Zr]. The van der Waals surface area contributed by atoms with Crippen LogP contribution in [0.2, 0.25) is 13.1 Å². The summed E-state index contributed by atoms with van der Waals surface area (Å²) >= 11 is 1.96. The smallest absolute Gasteiger partial charge is 0.0941 e. The summed E-state index contributed by atoms with van der Waals surface area (Å²) in [6.45, 7) is 9.49. The van der Waals surface area contributed by atoms with Crippen molar-refractivity contribution in [2.24, 2.45) is 0 Å². The second kappa shape index (κ2) is 7.69. The third-order valence-electron chi connectivity index (χ3n) is 6.40. The zero-order valence-corrected chi connectivity index (χ0v) is 21.7. The van der Waals surface area contributed by atoms with Gasteiger partial charge in [0.05, 0.1) is 8.07 Å². The van der Waals surface area contributed by atoms with E-state index in [2.05, 4.69) is 99.1 Å². The molecule has 29 heavy (non-hydrogen) atoms. The molecule has 0 nitrogen and oxygen atoms in total. The van der Waals surface area contributed by atoms with Gasteiger partial charge in [-0.1, -0.05) is 72.7 Å². The third-order valence-corrected chi connectivity index (χ3v) is 11.7. The molecular weight excluding hydrogens is 464 g/mol. The predicted octanol–water partition coefficient (Wildman–Crippen LogP) is 7.95. The molecule has 1 atom stereocenters. The van der Waals surface area contributed by atoms with E-state index in [1.54, 1.807) is 21.2 Å². The summed E-state index contributed by atoms with van der Waals surface area (Å²) in [6.07, 6.45) is 0. The van der Waals surface area contributed by atoms with Gasteiger partial charge in [0.1, 0.15) is 0 Å². The Balaban J connectivity index is 0.000000141. The van der Waals surface area contributed by atoms with Crippen LogP contribution in [-0.4, -0.2) is 8.07 Å². The molecule has 2 bridgehead atoms. The Morgan fingerprint density at radius 3 is 2.34 bits per heavy atom. The molecule has 144 valence electrons. The third kappa shape index (κ3) is 3.23. The van der Waals surface area contributed by atoms with E-state index in [4.69, 9.17) is 0 Å². The average molecular weight is 489 g/mol. The van der Waals surface area contributed by atoms with E-state index in [1.165, 1.54) is 27.5 Å². The van der Waals surface area contributed by atoms with Gasteiger partial charge in [-0.05, 0) is 29.5 Å². The largest absolute Gasteiger partial charge is 0.165 e. The van der Waals surface area contributed by atoms with Crippen LogP contribution in [0.15, 0.2) is 77.7 Å². The van der Waals surface area contributed by atoms with Crippen LogP contribution in [0.3, 0.4) is 0 Å². The van der Waals surface area contributed by atoms with E-state index >= 15 is 0 Å². The Morgan fingerprint density at radius 2 is 1.66 bits per heavy atom. The summed E-state index contributed by atoms with van der Waals surface area (Å²) < 4.78 is 0. The summed E-state index contributed by atoms with van der Waals surface area (Å²) in [5.74, 6) is 0. The second-order valence-corrected chi connectivity index (χ2v) is 14.1. The van der Waals surface area contributed by atoms with Gasteiger partial charge >= 0.3 is 0 Å². The van der Waals surface area contributed by atoms with E-state index in [1.807, 2.05) is 11.3 Å². The van der Waals surface area contributed by atoms with Crippen LogP contribution in [-0.2, 0) is 26.2 Å². The van der Waals surface area contributed by atoms with Gasteiger partial charge in [0.2, 0.25) is 0 Å². The summed E-state index contributed by atoms with van der Waals surface area (Å²) in [7, 11) is -0.972. The maximum Gasteiger partial charge on any atom is 0.0941 e. The Morgan fingerprint density at radius 1 is 0.897 bits per heavy atom. The molecule has 2 aliphatic heterocycles. The second-order valence-electron chi connectivity index (χ2n) is 8.62. The van der Waals surface area contributed by atoms with Crippen molar-refractivity contribution in [2.75, 3.05) is 0 Å². The van der Waals surface area contributed by atoms with Crippen LogP contribution >= 0.6 is 11.3 Å². The number of benzene rings is 2. The molecular formula is C26H25SSiZr-. The molecule has 4 aromatic rings. The van der Waals surface area contributed by atoms with Gasteiger partial charge in [0.25, 0.3) is 0 Å². The van der Waals surface area contributed by atoms with E-state index in [0.29, 0.717) is 0 Å². The molecule has 0 amide bonds. The van der Waals surface area contributed by atoms with Crippen molar-refractivity contribution < 1.29 is 26.2 Å². The maximum absolute atomic E-state index is 2.51. The Bertz CT molecular complexity index is 1210. The monoisotopic (exact) mass is 487 g/mol. The van der Waals surface area contributed by atoms with Crippen LogP contribution in [0.5, 0.6) is 0 Å². The molecule has 0 N–H and O–H groups in total. The molecule has 1 aromatic heterocycles. The van der Waals surface area contributed by atoms with Crippen LogP contribution in [0.4, 0.5) is 0 Å². The minimum atomic E-state index is -0.972. The van der Waals surface area contributed by atoms with Crippen molar-refractivity contribution in [3.8, 4) is 11.1 Å². The molecule has 1 aliphatic carbocycles. The fraction of sp³-hybridized carbons (Fsp3) is 0.192. The zero-order chi connectivity index (χ0) is 19.5. The number of rotatable bonds is 1. The molecule has 3 aliphatic rings. The molecule has 1 unspecified atom stereocenters. The molecule has 3 heterocycles. The van der Waals surface area contributed by atoms with Gasteiger partial charge in [0.15, 0.2) is 0 Å². The van der Waals surface area contributed by atoms with Crippen molar-refractivity contribution in [1.82, 2.24) is 0 Å². The van der Waals surface area contributed by atoms with Gasteiger partial charge in [-0.2, -0.15) is 6.07 Å². The fourth-order valence-corrected chi connectivity index (χ4v) is 11.7. The van der Waals surface area contributed by atoms with E-state index in [0.717, 1.165) is 5.54 Å². The van der Waals surface area contributed by atoms with Crippen molar-refractivity contribution in [3.05, 3.63) is 93.7 Å². The van der Waals surface area contributed by atoms with Crippen LogP contribution in [0, 0.1) is 6.92 Å². The number of hydrogen-bond acceptors (Lipinski definition) is 1. The normalized spacial score (nSPS) is 17.9. The van der Waals surface area contributed by atoms with Crippen molar-refractivity contribution in [1.29, 1.82) is 0 Å². The first-order valence-corrected chi connectivity index (χ1v) is 13.9. The summed E-state index contributed by atoms with van der Waals surface area (Å²) in [5, 5.41) is 6.70. The number of aryl methyl sites for hydroxylation is 1. The number of hydrogen-bond donors (Lipinski definition) is 0. The zero-order valence-electron chi connectivity index (χ0n) is 17.4. The van der Waals surface area contributed by atoms with E-state index in [9.17, 15) is 0 Å². The molecule has 0 fully saturated rings. The molecule has 3 heteroatoms. The molecule has 0 saturated heterocycles. The van der Waals surface area contributed by atoms with Gasteiger partial charge < -0.3 is 0 Å². The Kier molecular flexibility index (Phi) is 5.53.